The van der Waals surface area contributed by atoms with Gasteiger partial charge in [-0.3, -0.25) is 9.35 Å². The van der Waals surface area contributed by atoms with Gasteiger partial charge in [-0.25, -0.2) is 0 Å². The van der Waals surface area contributed by atoms with Gasteiger partial charge in [-0.05, 0) is 25.7 Å². The van der Waals surface area contributed by atoms with Crippen molar-refractivity contribution in [2.45, 2.75) is 44.0 Å². The minimum atomic E-state index is -3.92. The largest absolute Gasteiger partial charge is 0.463 e. The Balaban J connectivity index is 2.43. The Kier molecular flexibility index (Phi) is 3.49. The van der Waals surface area contributed by atoms with Gasteiger partial charge in [-0.1, -0.05) is 0 Å². The highest BCUT2D eigenvalue weighted by atomic mass is 32.2. The number of rotatable bonds is 2. The van der Waals surface area contributed by atoms with Crippen molar-refractivity contribution in [1.29, 1.82) is 0 Å². The molecule has 0 atom stereocenters. The Morgan fingerprint density at radius 3 is 2.14 bits per heavy atom. The van der Waals surface area contributed by atoms with Gasteiger partial charge >= 0.3 is 5.97 Å². The van der Waals surface area contributed by atoms with Crippen LogP contribution in [0, 0.1) is 0 Å². The van der Waals surface area contributed by atoms with E-state index in [0.717, 1.165) is 0 Å². The molecule has 1 aliphatic carbocycles. The predicted octanol–water partition coefficient (Wildman–Crippen LogP) is 0.748. The van der Waals surface area contributed by atoms with E-state index in [4.69, 9.17) is 9.29 Å². The van der Waals surface area contributed by atoms with Crippen LogP contribution in [0.5, 0.6) is 0 Å². The van der Waals surface area contributed by atoms with Crippen LogP contribution in [-0.2, 0) is 19.6 Å². The average Bonchev–Trinajstić information content (AvgIpc) is 2.02. The second-order valence-electron chi connectivity index (χ2n) is 3.52. The van der Waals surface area contributed by atoms with Gasteiger partial charge in [0.05, 0.1) is 5.25 Å². The molecular formula is C8H14O5S. The summed E-state index contributed by atoms with van der Waals surface area (Å²) in [6, 6.07) is 0. The van der Waals surface area contributed by atoms with Crippen LogP contribution < -0.4 is 0 Å². The van der Waals surface area contributed by atoms with Crippen LogP contribution in [0.4, 0.5) is 0 Å². The fourth-order valence-electron chi connectivity index (χ4n) is 1.68. The summed E-state index contributed by atoms with van der Waals surface area (Å²) in [5, 5.41) is -0.686. The van der Waals surface area contributed by atoms with E-state index in [1.165, 1.54) is 6.92 Å². The molecule has 0 spiro atoms. The molecule has 0 aliphatic heterocycles. The van der Waals surface area contributed by atoms with Crippen molar-refractivity contribution in [2.75, 3.05) is 0 Å². The summed E-state index contributed by atoms with van der Waals surface area (Å²) < 4.78 is 35.2. The Morgan fingerprint density at radius 2 is 1.79 bits per heavy atom. The van der Waals surface area contributed by atoms with Crippen molar-refractivity contribution in [2.24, 2.45) is 0 Å². The van der Waals surface area contributed by atoms with Gasteiger partial charge in [-0.15, -0.1) is 0 Å². The number of ether oxygens (including phenoxy) is 1. The third-order valence-corrected chi connectivity index (χ3v) is 3.69. The van der Waals surface area contributed by atoms with Crippen LogP contribution in [-0.4, -0.2) is 30.3 Å². The third kappa shape index (κ3) is 3.26. The summed E-state index contributed by atoms with van der Waals surface area (Å²) in [7, 11) is -3.92. The molecule has 0 radical (unpaired) electrons. The first-order chi connectivity index (χ1) is 6.39. The smallest absolute Gasteiger partial charge is 0.302 e. The lowest BCUT2D eigenvalue weighted by Gasteiger charge is -2.25. The number of hydrogen-bond donors (Lipinski definition) is 1. The van der Waals surface area contributed by atoms with E-state index < -0.39 is 15.4 Å². The number of hydrogen-bond acceptors (Lipinski definition) is 4. The van der Waals surface area contributed by atoms with Gasteiger partial charge in [-0.2, -0.15) is 8.42 Å². The molecule has 0 saturated heterocycles. The zero-order valence-electron chi connectivity index (χ0n) is 7.97. The van der Waals surface area contributed by atoms with Crippen LogP contribution in [0.25, 0.3) is 0 Å². The van der Waals surface area contributed by atoms with Crippen LogP contribution in [0.3, 0.4) is 0 Å². The van der Waals surface area contributed by atoms with E-state index in [-0.39, 0.29) is 12.1 Å². The zero-order chi connectivity index (χ0) is 10.8. The molecule has 0 aromatic heterocycles. The first-order valence-electron chi connectivity index (χ1n) is 4.53. The second-order valence-corrected chi connectivity index (χ2v) is 5.22. The zero-order valence-corrected chi connectivity index (χ0v) is 8.79. The molecule has 0 heterocycles. The fourth-order valence-corrected chi connectivity index (χ4v) is 2.55. The van der Waals surface area contributed by atoms with Crippen molar-refractivity contribution >= 4 is 16.1 Å². The number of esters is 1. The van der Waals surface area contributed by atoms with Gasteiger partial charge in [0, 0.05) is 6.92 Å². The minimum Gasteiger partial charge on any atom is -0.463 e. The lowest BCUT2D eigenvalue weighted by Crippen LogP contribution is -2.30. The Hall–Kier alpha value is -0.620. The molecule has 1 saturated carbocycles. The fraction of sp³-hybridized carbons (Fsp3) is 0.875. The Bertz CT molecular complexity index is 300. The van der Waals surface area contributed by atoms with E-state index in [0.29, 0.717) is 25.7 Å². The summed E-state index contributed by atoms with van der Waals surface area (Å²) in [6.07, 6.45) is 1.53. The van der Waals surface area contributed by atoms with Crippen molar-refractivity contribution in [3.05, 3.63) is 0 Å². The van der Waals surface area contributed by atoms with Gasteiger partial charge in [0.1, 0.15) is 6.10 Å². The summed E-state index contributed by atoms with van der Waals surface area (Å²) >= 11 is 0. The SMILES string of the molecule is CC(=O)OC1CCC(S(=O)(=O)O)CC1. The highest BCUT2D eigenvalue weighted by Gasteiger charge is 2.30. The first kappa shape index (κ1) is 11.5. The lowest BCUT2D eigenvalue weighted by atomic mass is 9.97. The van der Waals surface area contributed by atoms with E-state index >= 15 is 0 Å². The number of carbonyl (C=O) groups excluding carboxylic acids is 1. The molecule has 1 aliphatic rings. The van der Waals surface area contributed by atoms with E-state index in [1.807, 2.05) is 0 Å². The summed E-state index contributed by atoms with van der Waals surface area (Å²) in [6.45, 7) is 1.33. The van der Waals surface area contributed by atoms with Gasteiger partial charge in [0.25, 0.3) is 10.1 Å². The lowest BCUT2D eigenvalue weighted by molar-refractivity contribution is -0.147. The van der Waals surface area contributed by atoms with Crippen molar-refractivity contribution in [3.63, 3.8) is 0 Å². The van der Waals surface area contributed by atoms with Gasteiger partial charge in [0.15, 0.2) is 0 Å². The van der Waals surface area contributed by atoms with Gasteiger partial charge in [0.2, 0.25) is 0 Å². The molecule has 0 amide bonds. The Labute approximate surface area is 83.2 Å². The molecule has 82 valence electrons. The molecule has 1 rings (SSSR count). The topological polar surface area (TPSA) is 80.7 Å². The quantitative estimate of drug-likeness (QED) is 0.550. The molecular weight excluding hydrogens is 208 g/mol. The first-order valence-corrected chi connectivity index (χ1v) is 6.03. The number of carbonyl (C=O) groups is 1. The molecule has 1 N–H and O–H groups in total. The molecule has 0 bridgehead atoms. The molecule has 1 fully saturated rings. The summed E-state index contributed by atoms with van der Waals surface area (Å²) in [5.74, 6) is -0.347. The second kappa shape index (κ2) is 4.27. The molecule has 6 heteroatoms. The molecule has 14 heavy (non-hydrogen) atoms. The third-order valence-electron chi connectivity index (χ3n) is 2.38. The van der Waals surface area contributed by atoms with Crippen LogP contribution in [0.2, 0.25) is 0 Å². The van der Waals surface area contributed by atoms with Crippen LogP contribution >= 0.6 is 0 Å². The van der Waals surface area contributed by atoms with Crippen molar-refractivity contribution in [3.8, 4) is 0 Å². The highest BCUT2D eigenvalue weighted by Crippen LogP contribution is 2.25. The average molecular weight is 222 g/mol. The summed E-state index contributed by atoms with van der Waals surface area (Å²) in [5.41, 5.74) is 0. The van der Waals surface area contributed by atoms with E-state index in [9.17, 15) is 13.2 Å². The molecule has 5 nitrogen and oxygen atoms in total. The van der Waals surface area contributed by atoms with Crippen molar-refractivity contribution in [1.82, 2.24) is 0 Å². The standard InChI is InChI=1S/C8H14O5S/c1-6(9)13-7-2-4-8(5-3-7)14(10,11)12/h7-8H,2-5H2,1H3,(H,10,11,12). The summed E-state index contributed by atoms with van der Waals surface area (Å²) in [4.78, 5) is 10.6. The minimum absolute atomic E-state index is 0.189. The molecule has 0 aromatic rings. The Morgan fingerprint density at radius 1 is 1.29 bits per heavy atom. The van der Waals surface area contributed by atoms with Crippen molar-refractivity contribution < 1.29 is 22.5 Å². The van der Waals surface area contributed by atoms with Crippen LogP contribution in [0.15, 0.2) is 0 Å². The molecule has 0 aromatic carbocycles. The van der Waals surface area contributed by atoms with Crippen LogP contribution in [0.1, 0.15) is 32.6 Å². The monoisotopic (exact) mass is 222 g/mol. The maximum atomic E-state index is 10.8. The predicted molar refractivity (Wildman–Crippen MR) is 49.4 cm³/mol. The van der Waals surface area contributed by atoms with E-state index in [1.54, 1.807) is 0 Å². The maximum absolute atomic E-state index is 10.8. The van der Waals surface area contributed by atoms with E-state index in [2.05, 4.69) is 0 Å². The molecule has 0 unspecified atom stereocenters. The highest BCUT2D eigenvalue weighted by molar-refractivity contribution is 7.86. The maximum Gasteiger partial charge on any atom is 0.302 e. The van der Waals surface area contributed by atoms with Gasteiger partial charge < -0.3 is 4.74 Å². The normalized spacial score (nSPS) is 28.4.